The van der Waals surface area contributed by atoms with Gasteiger partial charge in [0.05, 0.1) is 69.4 Å². The fraction of sp³-hybridized carbons (Fsp3) is 0.266. The summed E-state index contributed by atoms with van der Waals surface area (Å²) in [5.74, 6) is 1.96. The van der Waals surface area contributed by atoms with Crippen LogP contribution in [0.2, 0.25) is 5.28 Å². The van der Waals surface area contributed by atoms with E-state index in [0.717, 1.165) is 87.1 Å². The second-order valence-corrected chi connectivity index (χ2v) is 30.9. The number of aliphatic imine (C=N–C) groups is 1. The molecular formula is C79H82B3Br2Cl2N13O10. The number of carbonyl (C=O) groups excluding carboxylic acids is 4. The number of nitrogens with one attached hydrogen (secondary N) is 4. The van der Waals surface area contributed by atoms with Crippen LogP contribution in [0.25, 0.3) is 65.9 Å². The van der Waals surface area contributed by atoms with Gasteiger partial charge in [-0.15, -0.1) is 0 Å². The number of H-pyrrole nitrogens is 2. The van der Waals surface area contributed by atoms with Crippen LogP contribution in [0.3, 0.4) is 0 Å². The van der Waals surface area contributed by atoms with Gasteiger partial charge in [-0.05, 0) is 218 Å². The molecule has 3 saturated heterocycles. The summed E-state index contributed by atoms with van der Waals surface area (Å²) in [6.45, 7) is 26.9. The largest absolute Gasteiger partial charge is 0.494 e. The molecule has 11 heterocycles. The van der Waals surface area contributed by atoms with E-state index in [9.17, 15) is 19.2 Å². The Morgan fingerprint density at radius 2 is 1.06 bits per heavy atom. The Hall–Kier alpha value is -9.45. The zero-order valence-electron chi connectivity index (χ0n) is 62.7. The molecule has 560 valence electrons. The zero-order chi connectivity index (χ0) is 78.3. The fourth-order valence-corrected chi connectivity index (χ4v) is 12.6. The molecule has 0 amide bonds. The molecular weight excluding hydrogens is 1550 g/mol. The van der Waals surface area contributed by atoms with Crippen LogP contribution < -0.4 is 16.1 Å². The number of benzene rings is 6. The van der Waals surface area contributed by atoms with Crippen LogP contribution in [0.1, 0.15) is 122 Å². The first-order chi connectivity index (χ1) is 51.7. The first kappa shape index (κ1) is 80.6. The minimum Gasteiger partial charge on any atom is -0.408 e. The number of carbonyl (C=O) groups is 4. The second kappa shape index (κ2) is 34.2. The molecule has 109 heavy (non-hydrogen) atoms. The van der Waals surface area contributed by atoms with E-state index in [1.807, 2.05) is 197 Å². The predicted octanol–water partition coefficient (Wildman–Crippen LogP) is 18.0. The first-order valence-electron chi connectivity index (χ1n) is 35.0. The summed E-state index contributed by atoms with van der Waals surface area (Å²) in [6, 6.07) is 47.4. The Morgan fingerprint density at radius 1 is 0.550 bits per heavy atom. The van der Waals surface area contributed by atoms with E-state index in [1.165, 1.54) is 23.4 Å². The van der Waals surface area contributed by atoms with Crippen LogP contribution in [0, 0.1) is 0 Å². The van der Waals surface area contributed by atoms with Crippen LogP contribution in [0.15, 0.2) is 203 Å². The third kappa shape index (κ3) is 20.0. The molecule has 17 rings (SSSR count). The van der Waals surface area contributed by atoms with Gasteiger partial charge in [-0.25, -0.2) is 19.9 Å². The lowest BCUT2D eigenvalue weighted by molar-refractivity contribution is -0.109. The quantitative estimate of drug-likeness (QED) is 0.0656. The average molecular weight is 1640 g/mol. The Morgan fingerprint density at radius 3 is 1.63 bits per heavy atom. The van der Waals surface area contributed by atoms with Crippen molar-refractivity contribution in [1.29, 1.82) is 0 Å². The van der Waals surface area contributed by atoms with Crippen molar-refractivity contribution in [3.63, 3.8) is 0 Å². The van der Waals surface area contributed by atoms with Gasteiger partial charge in [0.15, 0.2) is 5.82 Å². The van der Waals surface area contributed by atoms with Crippen LogP contribution in [-0.2, 0) is 39.3 Å². The molecule has 0 aliphatic carbocycles. The highest BCUT2D eigenvalue weighted by atomic mass is 79.9. The standard InChI is InChI=1S/C21H16N6O.C16H20BNO3.C12H9ClN4.C10H20B2O4.C10H8BrNO.C8H6BrN.C2H3ClO/c1-13(28)27-9-7-14-2-3-15(11-19(14)27)21-22-8-6-20(25-21)24-17-4-5-18-16(10-17)12-23-26-18;1-11(19)18-9-8-12-6-7-13(10-14(12)18)17-20-15(2,3)16(4,5)21-17;13-12-15-4-3-11(17-12)16-10-2-1-8-6-14-7-9(8)5-10;1-7-9(3,4)15-11(13-7)12-14-8(2)10(5,6)16-12;1-7(13)12-5-4-8-2-3-9(11)6-10(8)12;9-7-2-1-6-3-4-10-8(6)5-7;1-2(3)4/h2-12H,1H3,(H,23,26)(H,22,24,25);6-10H,1-5H3;1-5,7H,6H2,(H,15,16,17);7-8H,1-6H3;2-6H,1H3;1-5,10H;1H3. The molecule has 4 aliphatic heterocycles. The molecule has 0 radical (unpaired) electrons. The number of anilines is 4. The number of hydrogen-bond donors (Lipinski definition) is 4. The van der Waals surface area contributed by atoms with E-state index in [1.54, 1.807) is 77.7 Å². The van der Waals surface area contributed by atoms with Crippen molar-refractivity contribution in [2.24, 2.45) is 4.99 Å². The minimum atomic E-state index is -0.422. The predicted molar refractivity (Wildman–Crippen MR) is 442 cm³/mol. The topological polar surface area (TPSA) is 271 Å². The van der Waals surface area contributed by atoms with E-state index < -0.39 is 21.1 Å². The molecule has 30 heteroatoms. The first-order valence-corrected chi connectivity index (χ1v) is 37.4. The molecule has 0 saturated carbocycles. The number of fused-ring (bicyclic) bond motifs is 6. The van der Waals surface area contributed by atoms with Gasteiger partial charge < -0.3 is 43.5 Å². The van der Waals surface area contributed by atoms with Crippen LogP contribution in [0.4, 0.5) is 23.0 Å². The highest BCUT2D eigenvalue weighted by Crippen LogP contribution is 2.38. The molecule has 7 aromatic heterocycles. The third-order valence-corrected chi connectivity index (χ3v) is 20.2. The SMILES string of the molecule is Brc1ccc2cc[nH]c2c1.CC(=O)Cl.CC(=O)n1ccc2ccc(-c3nccc(Nc4ccc5[nH]ncc5c4)n3)cc21.CC(=O)n1ccc2ccc(B3OC(C)(C)C(C)(C)O3)cc21.CC(=O)n1ccc2ccc(Br)cc21.CC1OB(B2OC(C)C(C)(C)O2)OC1(C)C.Clc1nccc(Nc2ccc3c(c2)C=NC3)n1. The van der Waals surface area contributed by atoms with Gasteiger partial charge in [0, 0.05) is 124 Å². The smallest absolute Gasteiger partial charge is 0.408 e. The van der Waals surface area contributed by atoms with E-state index in [0.29, 0.717) is 17.5 Å². The molecule has 0 spiro atoms. The Kier molecular flexibility index (Phi) is 25.3. The van der Waals surface area contributed by atoms with Gasteiger partial charge >= 0.3 is 21.1 Å². The van der Waals surface area contributed by atoms with Crippen molar-refractivity contribution >= 4 is 188 Å². The zero-order valence-corrected chi connectivity index (χ0v) is 67.4. The lowest BCUT2D eigenvalue weighted by Crippen LogP contribution is -2.41. The molecule has 0 bridgehead atoms. The summed E-state index contributed by atoms with van der Waals surface area (Å²) < 4.78 is 42.2. The lowest BCUT2D eigenvalue weighted by Gasteiger charge is -2.32. The normalized spacial score (nSPS) is 16.6. The fourth-order valence-electron chi connectivity index (χ4n) is 11.8. The minimum absolute atomic E-state index is 0.00364. The summed E-state index contributed by atoms with van der Waals surface area (Å²) >= 11 is 17.1. The van der Waals surface area contributed by atoms with E-state index in [-0.39, 0.29) is 62.9 Å². The summed E-state index contributed by atoms with van der Waals surface area (Å²) in [6.07, 6.45) is 14.4. The van der Waals surface area contributed by atoms with Gasteiger partial charge in [-0.1, -0.05) is 74.3 Å². The van der Waals surface area contributed by atoms with Gasteiger partial charge in [-0.2, -0.15) is 5.10 Å². The van der Waals surface area contributed by atoms with Gasteiger partial charge in [-0.3, -0.25) is 43.0 Å². The summed E-state index contributed by atoms with van der Waals surface area (Å²) in [5.41, 5.74) is 9.59. The molecule has 2 unspecified atom stereocenters. The Balaban J connectivity index is 0.000000132. The van der Waals surface area contributed by atoms with Crippen molar-refractivity contribution in [2.45, 2.75) is 138 Å². The molecule has 13 aromatic rings. The highest BCUT2D eigenvalue weighted by molar-refractivity contribution is 9.10. The van der Waals surface area contributed by atoms with Crippen molar-refractivity contribution in [3.05, 3.63) is 214 Å². The maximum atomic E-state index is 11.8. The Bertz CT molecular complexity index is 5460. The van der Waals surface area contributed by atoms with Gasteiger partial charge in [0.1, 0.15) is 11.6 Å². The molecule has 2 atom stereocenters. The molecule has 4 aliphatic rings. The van der Waals surface area contributed by atoms with E-state index in [2.05, 4.69) is 118 Å². The van der Waals surface area contributed by atoms with Crippen molar-refractivity contribution in [3.8, 4) is 11.4 Å². The molecule has 3 fully saturated rings. The molecule has 23 nitrogen and oxygen atoms in total. The van der Waals surface area contributed by atoms with Crippen LogP contribution in [-0.4, -0.2) is 134 Å². The van der Waals surface area contributed by atoms with E-state index in [4.69, 9.17) is 39.5 Å². The maximum absolute atomic E-state index is 11.8. The monoisotopic (exact) mass is 1630 g/mol. The number of halogens is 4. The number of rotatable bonds is 7. The lowest BCUT2D eigenvalue weighted by atomic mass is 9.49. The molecule has 4 N–H and O–H groups in total. The number of hydrogen-bond acceptors (Lipinski definition) is 18. The van der Waals surface area contributed by atoms with Gasteiger partial charge in [0.2, 0.25) is 28.2 Å². The highest BCUT2D eigenvalue weighted by Gasteiger charge is 2.58. The van der Waals surface area contributed by atoms with Gasteiger partial charge in [0.25, 0.3) is 0 Å². The van der Waals surface area contributed by atoms with Crippen LogP contribution >= 0.6 is 55.1 Å². The number of nitrogens with zero attached hydrogens (tertiary/aromatic N) is 9. The third-order valence-electron chi connectivity index (χ3n) is 19.0. The molecule has 6 aromatic carbocycles. The van der Waals surface area contributed by atoms with Crippen LogP contribution in [0.5, 0.6) is 0 Å². The number of aromatic nitrogens is 10. The second-order valence-electron chi connectivity index (χ2n) is 28.2. The van der Waals surface area contributed by atoms with Crippen molar-refractivity contribution in [2.75, 3.05) is 10.6 Å². The summed E-state index contributed by atoms with van der Waals surface area (Å²) in [5, 5.41) is 18.7. The number of aromatic amines is 2. The van der Waals surface area contributed by atoms with Crippen molar-refractivity contribution in [1.82, 2.24) is 48.8 Å². The van der Waals surface area contributed by atoms with Crippen molar-refractivity contribution < 1.29 is 47.1 Å². The average Bonchev–Trinajstić information content (AvgIpc) is 1.58. The van der Waals surface area contributed by atoms with E-state index >= 15 is 0 Å². The summed E-state index contributed by atoms with van der Waals surface area (Å²) in [4.78, 5) is 68.1. The maximum Gasteiger partial charge on any atom is 0.494 e. The Labute approximate surface area is 659 Å². The summed E-state index contributed by atoms with van der Waals surface area (Å²) in [7, 11) is -1.25.